The Kier molecular flexibility index (Phi) is 8.86. The Bertz CT molecular complexity index is 236. The molecule has 0 spiro atoms. The molecule has 0 aromatic heterocycles. The highest BCUT2D eigenvalue weighted by molar-refractivity contribution is 6.60. The Morgan fingerprint density at radius 2 is 1.70 bits per heavy atom. The Hall–Kier alpha value is -0.0231. The van der Waals surface area contributed by atoms with E-state index < -0.39 is 8.80 Å². The van der Waals surface area contributed by atoms with Crippen LogP contribution in [-0.4, -0.2) is 61.1 Å². The Balaban J connectivity index is 2.47. The summed E-state index contributed by atoms with van der Waals surface area (Å²) < 4.78 is 28.3. The van der Waals surface area contributed by atoms with E-state index in [4.69, 9.17) is 28.5 Å². The number of ether oxygens (including phenoxy) is 2. The number of rotatable bonds is 13. The summed E-state index contributed by atoms with van der Waals surface area (Å²) in [5, 5.41) is 0. The zero-order chi connectivity index (χ0) is 14.8. The van der Waals surface area contributed by atoms with Gasteiger partial charge in [-0.15, -0.1) is 0 Å². The highest BCUT2D eigenvalue weighted by Crippen LogP contribution is 2.22. The van der Waals surface area contributed by atoms with Crippen molar-refractivity contribution in [3.63, 3.8) is 0 Å². The van der Waals surface area contributed by atoms with Crippen LogP contribution in [0.25, 0.3) is 0 Å². The average molecular weight is 307 g/mol. The molecule has 1 fully saturated rings. The molecule has 1 rings (SSSR count). The van der Waals surface area contributed by atoms with E-state index in [0.29, 0.717) is 45.6 Å². The van der Waals surface area contributed by atoms with Crippen LogP contribution in [0.15, 0.2) is 0 Å². The molecule has 1 aliphatic heterocycles. The van der Waals surface area contributed by atoms with E-state index in [0.717, 1.165) is 6.61 Å². The Morgan fingerprint density at radius 1 is 1.15 bits per heavy atom. The zero-order valence-electron chi connectivity index (χ0n) is 12.9. The first kappa shape index (κ1) is 18.0. The second kappa shape index (κ2) is 9.83. The maximum Gasteiger partial charge on any atom is 0.501 e. The summed E-state index contributed by atoms with van der Waals surface area (Å²) in [7, 11) is -2.63. The normalized spacial score (nSPS) is 20.1. The molecule has 0 aromatic carbocycles. The molecule has 0 radical (unpaired) electrons. The minimum absolute atomic E-state index is 0.185. The summed E-state index contributed by atoms with van der Waals surface area (Å²) in [6.45, 7) is 10.2. The SMILES string of the molecule is CCO[Si](CC(CN)COCC1CO1)(OCC)OCC. The van der Waals surface area contributed by atoms with Crippen molar-refractivity contribution in [1.29, 1.82) is 0 Å². The first-order chi connectivity index (χ1) is 9.69. The van der Waals surface area contributed by atoms with E-state index in [2.05, 4.69) is 0 Å². The zero-order valence-corrected chi connectivity index (χ0v) is 13.9. The van der Waals surface area contributed by atoms with E-state index in [9.17, 15) is 0 Å². The van der Waals surface area contributed by atoms with Crippen LogP contribution < -0.4 is 5.73 Å². The molecule has 0 aliphatic carbocycles. The average Bonchev–Trinajstić information content (AvgIpc) is 3.22. The molecule has 2 N–H and O–H groups in total. The molecular formula is C13H29NO5Si. The summed E-state index contributed by atoms with van der Waals surface area (Å²) in [6, 6.07) is 0.699. The summed E-state index contributed by atoms with van der Waals surface area (Å²) >= 11 is 0. The largest absolute Gasteiger partial charge is 0.501 e. The minimum Gasteiger partial charge on any atom is -0.378 e. The molecule has 120 valence electrons. The maximum absolute atomic E-state index is 5.85. The lowest BCUT2D eigenvalue weighted by Crippen LogP contribution is -2.48. The van der Waals surface area contributed by atoms with Gasteiger partial charge in [0.2, 0.25) is 0 Å². The van der Waals surface area contributed by atoms with Crippen LogP contribution in [0.1, 0.15) is 20.8 Å². The van der Waals surface area contributed by atoms with Crippen molar-refractivity contribution in [2.24, 2.45) is 11.7 Å². The van der Waals surface area contributed by atoms with Crippen molar-refractivity contribution in [1.82, 2.24) is 0 Å². The van der Waals surface area contributed by atoms with Gasteiger partial charge in [-0.1, -0.05) is 0 Å². The van der Waals surface area contributed by atoms with Gasteiger partial charge in [-0.05, 0) is 33.2 Å². The van der Waals surface area contributed by atoms with E-state index in [1.54, 1.807) is 0 Å². The lowest BCUT2D eigenvalue weighted by Gasteiger charge is -2.31. The number of epoxide rings is 1. The molecule has 1 heterocycles. The van der Waals surface area contributed by atoms with Gasteiger partial charge in [0.1, 0.15) is 6.10 Å². The highest BCUT2D eigenvalue weighted by Gasteiger charge is 2.42. The molecule has 0 amide bonds. The van der Waals surface area contributed by atoms with Crippen molar-refractivity contribution < 1.29 is 22.8 Å². The van der Waals surface area contributed by atoms with E-state index in [1.807, 2.05) is 20.8 Å². The van der Waals surface area contributed by atoms with Crippen molar-refractivity contribution in [3.8, 4) is 0 Å². The van der Waals surface area contributed by atoms with Crippen LogP contribution >= 0.6 is 0 Å². The molecule has 0 bridgehead atoms. The summed E-state index contributed by atoms with van der Waals surface area (Å²) in [4.78, 5) is 0. The van der Waals surface area contributed by atoms with Crippen LogP contribution in [-0.2, 0) is 22.8 Å². The van der Waals surface area contributed by atoms with Gasteiger partial charge in [0.15, 0.2) is 0 Å². The van der Waals surface area contributed by atoms with Crippen LogP contribution in [0.4, 0.5) is 0 Å². The molecule has 6 nitrogen and oxygen atoms in total. The van der Waals surface area contributed by atoms with Crippen molar-refractivity contribution in [2.75, 3.05) is 46.2 Å². The number of hydrogen-bond donors (Lipinski definition) is 1. The standard InChI is InChI=1S/C13H29NO5Si/c1-4-17-20(18-5-2,19-6-3)11-12(7-14)8-15-9-13-10-16-13/h12-13H,4-11,14H2,1-3H3. The molecule has 2 atom stereocenters. The lowest BCUT2D eigenvalue weighted by molar-refractivity contribution is 0.0527. The Morgan fingerprint density at radius 3 is 2.10 bits per heavy atom. The molecular weight excluding hydrogens is 278 g/mol. The molecule has 20 heavy (non-hydrogen) atoms. The topological polar surface area (TPSA) is 75.5 Å². The third-order valence-corrected chi connectivity index (χ3v) is 6.29. The monoisotopic (exact) mass is 307 g/mol. The number of hydrogen-bond acceptors (Lipinski definition) is 6. The third-order valence-electron chi connectivity index (χ3n) is 3.02. The van der Waals surface area contributed by atoms with Crippen molar-refractivity contribution in [3.05, 3.63) is 0 Å². The fourth-order valence-electron chi connectivity index (χ4n) is 2.06. The van der Waals surface area contributed by atoms with Gasteiger partial charge in [0.05, 0.1) is 19.8 Å². The van der Waals surface area contributed by atoms with Gasteiger partial charge < -0.3 is 28.5 Å². The van der Waals surface area contributed by atoms with Crippen LogP contribution in [0.5, 0.6) is 0 Å². The predicted octanol–water partition coefficient (Wildman–Crippen LogP) is 1.03. The second-order valence-corrected chi connectivity index (χ2v) is 7.42. The summed E-state index contributed by atoms with van der Waals surface area (Å²) in [5.74, 6) is 0.185. The third kappa shape index (κ3) is 6.62. The summed E-state index contributed by atoms with van der Waals surface area (Å²) in [5.41, 5.74) is 5.85. The summed E-state index contributed by atoms with van der Waals surface area (Å²) in [6.07, 6.45) is 0.279. The predicted molar refractivity (Wildman–Crippen MR) is 78.5 cm³/mol. The first-order valence-corrected chi connectivity index (χ1v) is 9.44. The molecule has 0 saturated carbocycles. The van der Waals surface area contributed by atoms with E-state index in [1.165, 1.54) is 0 Å². The van der Waals surface area contributed by atoms with Crippen molar-refractivity contribution in [2.45, 2.75) is 32.9 Å². The van der Waals surface area contributed by atoms with Gasteiger partial charge in [0.25, 0.3) is 0 Å². The molecule has 2 unspecified atom stereocenters. The smallest absolute Gasteiger partial charge is 0.378 e. The molecule has 0 aromatic rings. The first-order valence-electron chi connectivity index (χ1n) is 7.50. The van der Waals surface area contributed by atoms with Gasteiger partial charge >= 0.3 is 8.80 Å². The maximum atomic E-state index is 5.85. The van der Waals surface area contributed by atoms with E-state index >= 15 is 0 Å². The van der Waals surface area contributed by atoms with Crippen LogP contribution in [0, 0.1) is 5.92 Å². The van der Waals surface area contributed by atoms with Crippen LogP contribution in [0.2, 0.25) is 6.04 Å². The lowest BCUT2D eigenvalue weighted by atomic mass is 10.2. The Labute approximate surface area is 123 Å². The van der Waals surface area contributed by atoms with Gasteiger partial charge in [-0.25, -0.2) is 0 Å². The van der Waals surface area contributed by atoms with Crippen molar-refractivity contribution >= 4 is 8.80 Å². The molecule has 1 aliphatic rings. The molecule has 7 heteroatoms. The highest BCUT2D eigenvalue weighted by atomic mass is 28.4. The fourth-order valence-corrected chi connectivity index (χ4v) is 4.97. The second-order valence-electron chi connectivity index (χ2n) is 4.78. The van der Waals surface area contributed by atoms with Gasteiger partial charge in [0, 0.05) is 25.9 Å². The van der Waals surface area contributed by atoms with Gasteiger partial charge in [-0.3, -0.25) is 0 Å². The fraction of sp³-hybridized carbons (Fsp3) is 1.00. The van der Waals surface area contributed by atoms with E-state index in [-0.39, 0.29) is 12.0 Å². The minimum atomic E-state index is -2.63. The van der Waals surface area contributed by atoms with Gasteiger partial charge in [-0.2, -0.15) is 0 Å². The number of nitrogens with two attached hydrogens (primary N) is 1. The quantitative estimate of drug-likeness (QED) is 0.404. The molecule has 1 saturated heterocycles. The van der Waals surface area contributed by atoms with Crippen LogP contribution in [0.3, 0.4) is 0 Å².